The van der Waals surface area contributed by atoms with Gasteiger partial charge in [0.1, 0.15) is 11.7 Å². The van der Waals surface area contributed by atoms with Gasteiger partial charge in [0.25, 0.3) is 0 Å². The third kappa shape index (κ3) is 3.88. The lowest BCUT2D eigenvalue weighted by Gasteiger charge is -2.38. The number of benzene rings is 1. The van der Waals surface area contributed by atoms with Crippen molar-refractivity contribution < 1.29 is 28.2 Å². The number of carbonyl (C=O) groups is 3. The van der Waals surface area contributed by atoms with Crippen LogP contribution in [0.4, 0.5) is 4.39 Å². The zero-order chi connectivity index (χ0) is 22.0. The van der Waals surface area contributed by atoms with E-state index in [1.54, 1.807) is 13.0 Å². The molecule has 1 aliphatic carbocycles. The van der Waals surface area contributed by atoms with Crippen molar-refractivity contribution >= 4 is 17.7 Å². The van der Waals surface area contributed by atoms with E-state index in [4.69, 9.17) is 9.47 Å². The van der Waals surface area contributed by atoms with Gasteiger partial charge in [-0.3, -0.25) is 9.59 Å². The first-order valence-electron chi connectivity index (χ1n) is 10.1. The molecule has 1 aromatic rings. The molecule has 1 N–H and O–H groups in total. The van der Waals surface area contributed by atoms with Crippen molar-refractivity contribution in [3.8, 4) is 0 Å². The Hall–Kier alpha value is -2.96. The summed E-state index contributed by atoms with van der Waals surface area (Å²) in [4.78, 5) is 38.7. The molecule has 6 nitrogen and oxygen atoms in total. The molecule has 2 aliphatic rings. The highest BCUT2D eigenvalue weighted by atomic mass is 19.1. The topological polar surface area (TPSA) is 81.7 Å². The second-order valence-corrected chi connectivity index (χ2v) is 7.73. The van der Waals surface area contributed by atoms with Crippen molar-refractivity contribution in [3.05, 3.63) is 58.2 Å². The normalized spacial score (nSPS) is 23.6. The van der Waals surface area contributed by atoms with Crippen LogP contribution in [0.1, 0.15) is 45.1 Å². The monoisotopic (exact) mass is 415 g/mol. The Balaban J connectivity index is 2.16. The Morgan fingerprint density at radius 3 is 2.67 bits per heavy atom. The number of ketones is 1. The number of dihydropyridines is 1. The number of carbonyl (C=O) groups excluding carboxylic acids is 3. The lowest BCUT2D eigenvalue weighted by atomic mass is 9.69. The van der Waals surface area contributed by atoms with Crippen LogP contribution in [0.3, 0.4) is 0 Å². The van der Waals surface area contributed by atoms with Crippen LogP contribution in [0.15, 0.2) is 46.8 Å². The van der Waals surface area contributed by atoms with Gasteiger partial charge in [-0.05, 0) is 43.4 Å². The van der Waals surface area contributed by atoms with E-state index in [-0.39, 0.29) is 18.1 Å². The molecule has 1 heterocycles. The maximum Gasteiger partial charge on any atom is 0.336 e. The van der Waals surface area contributed by atoms with Crippen LogP contribution in [0.2, 0.25) is 0 Å². The van der Waals surface area contributed by atoms with Crippen molar-refractivity contribution in [2.45, 2.75) is 39.5 Å². The molecule has 0 saturated carbocycles. The highest BCUT2D eigenvalue weighted by Gasteiger charge is 2.47. The van der Waals surface area contributed by atoms with Gasteiger partial charge in [0.2, 0.25) is 0 Å². The molecule has 0 spiro atoms. The molecule has 0 bridgehead atoms. The average Bonchev–Trinajstić information content (AvgIpc) is 2.70. The standard InChI is InChI=1S/C23H26FNO5/c1-5-9-30-23(28)18-13(3)25-16-10-12(2)17(22(27)29-4)21(26)20(16)19(18)14-7-6-8-15(24)11-14/h6-8,11-12,17,19,25H,5,9-10H2,1-4H3. The summed E-state index contributed by atoms with van der Waals surface area (Å²) in [6, 6.07) is 5.81. The molecule has 0 saturated heterocycles. The van der Waals surface area contributed by atoms with Crippen LogP contribution in [0, 0.1) is 17.7 Å². The molecule has 3 unspecified atom stereocenters. The molecule has 7 heteroatoms. The predicted molar refractivity (Wildman–Crippen MR) is 108 cm³/mol. The van der Waals surface area contributed by atoms with E-state index in [1.165, 1.54) is 25.3 Å². The van der Waals surface area contributed by atoms with Crippen molar-refractivity contribution in [1.82, 2.24) is 5.32 Å². The van der Waals surface area contributed by atoms with E-state index in [1.807, 2.05) is 13.8 Å². The van der Waals surface area contributed by atoms with Gasteiger partial charge >= 0.3 is 11.9 Å². The molecule has 0 radical (unpaired) electrons. The summed E-state index contributed by atoms with van der Waals surface area (Å²) in [6.45, 7) is 5.66. The maximum atomic E-state index is 14.1. The number of hydrogen-bond donors (Lipinski definition) is 1. The van der Waals surface area contributed by atoms with Gasteiger partial charge in [0, 0.05) is 22.9 Å². The van der Waals surface area contributed by atoms with E-state index >= 15 is 0 Å². The van der Waals surface area contributed by atoms with Crippen molar-refractivity contribution in [2.75, 3.05) is 13.7 Å². The van der Waals surface area contributed by atoms with E-state index in [0.29, 0.717) is 35.4 Å². The Bertz CT molecular complexity index is 949. The van der Waals surface area contributed by atoms with Crippen molar-refractivity contribution in [2.24, 2.45) is 11.8 Å². The van der Waals surface area contributed by atoms with E-state index in [0.717, 1.165) is 0 Å². The van der Waals surface area contributed by atoms with Gasteiger partial charge in [-0.1, -0.05) is 26.0 Å². The van der Waals surface area contributed by atoms with Crippen LogP contribution in [0.25, 0.3) is 0 Å². The number of methoxy groups -OCH3 is 1. The Morgan fingerprint density at radius 2 is 2.03 bits per heavy atom. The number of rotatable bonds is 5. The van der Waals surface area contributed by atoms with Gasteiger partial charge in [0.15, 0.2) is 5.78 Å². The van der Waals surface area contributed by atoms with Crippen LogP contribution in [-0.4, -0.2) is 31.4 Å². The lowest BCUT2D eigenvalue weighted by Crippen LogP contribution is -2.43. The van der Waals surface area contributed by atoms with Crippen LogP contribution in [0.5, 0.6) is 0 Å². The summed E-state index contributed by atoms with van der Waals surface area (Å²) in [5.41, 5.74) is 2.20. The molecule has 160 valence electrons. The Kier molecular flexibility index (Phi) is 6.39. The zero-order valence-electron chi connectivity index (χ0n) is 17.6. The first-order valence-corrected chi connectivity index (χ1v) is 10.1. The van der Waals surface area contributed by atoms with Crippen LogP contribution < -0.4 is 5.32 Å². The Morgan fingerprint density at radius 1 is 1.30 bits per heavy atom. The molecular weight excluding hydrogens is 389 g/mol. The number of Topliss-reactive ketones (excluding diaryl/α,β-unsaturated/α-hetero) is 1. The van der Waals surface area contributed by atoms with Gasteiger partial charge in [-0.2, -0.15) is 0 Å². The molecule has 1 aliphatic heterocycles. The molecule has 0 fully saturated rings. The molecule has 3 rings (SSSR count). The maximum absolute atomic E-state index is 14.1. The smallest absolute Gasteiger partial charge is 0.336 e. The molecule has 0 amide bonds. The van der Waals surface area contributed by atoms with E-state index < -0.39 is 35.4 Å². The van der Waals surface area contributed by atoms with Gasteiger partial charge in [-0.25, -0.2) is 9.18 Å². The minimum absolute atomic E-state index is 0.229. The van der Waals surface area contributed by atoms with Crippen LogP contribution >= 0.6 is 0 Å². The number of ether oxygens (including phenoxy) is 2. The quantitative estimate of drug-likeness (QED) is 0.586. The number of halogens is 1. The third-order valence-corrected chi connectivity index (χ3v) is 5.58. The molecule has 0 aromatic heterocycles. The van der Waals surface area contributed by atoms with Crippen LogP contribution in [-0.2, 0) is 23.9 Å². The summed E-state index contributed by atoms with van der Waals surface area (Å²) in [5.74, 6) is -4.14. The zero-order valence-corrected chi connectivity index (χ0v) is 17.6. The molecule has 30 heavy (non-hydrogen) atoms. The minimum Gasteiger partial charge on any atom is -0.468 e. The SMILES string of the molecule is CCCOC(=O)C1=C(C)NC2=C(C(=O)C(C(=O)OC)C(C)C2)C1c1cccc(F)c1. The number of esters is 2. The first kappa shape index (κ1) is 21.7. The molecule has 3 atom stereocenters. The number of allylic oxidation sites excluding steroid dienone is 3. The summed E-state index contributed by atoms with van der Waals surface area (Å²) < 4.78 is 24.3. The largest absolute Gasteiger partial charge is 0.468 e. The Labute approximate surface area is 175 Å². The van der Waals surface area contributed by atoms with Gasteiger partial charge in [0.05, 0.1) is 19.3 Å². The summed E-state index contributed by atoms with van der Waals surface area (Å²) in [5, 5.41) is 3.17. The van der Waals surface area contributed by atoms with E-state index in [2.05, 4.69) is 5.32 Å². The van der Waals surface area contributed by atoms with Gasteiger partial charge < -0.3 is 14.8 Å². The highest BCUT2D eigenvalue weighted by Crippen LogP contribution is 2.45. The van der Waals surface area contributed by atoms with Crippen molar-refractivity contribution in [3.63, 3.8) is 0 Å². The average molecular weight is 415 g/mol. The summed E-state index contributed by atoms with van der Waals surface area (Å²) in [6.07, 6.45) is 1.08. The summed E-state index contributed by atoms with van der Waals surface area (Å²) >= 11 is 0. The minimum atomic E-state index is -0.974. The first-order chi connectivity index (χ1) is 14.3. The van der Waals surface area contributed by atoms with E-state index in [9.17, 15) is 18.8 Å². The lowest BCUT2D eigenvalue weighted by molar-refractivity contribution is -0.151. The second-order valence-electron chi connectivity index (χ2n) is 7.73. The summed E-state index contributed by atoms with van der Waals surface area (Å²) in [7, 11) is 1.24. The third-order valence-electron chi connectivity index (χ3n) is 5.58. The van der Waals surface area contributed by atoms with Gasteiger partial charge in [-0.15, -0.1) is 0 Å². The second kappa shape index (κ2) is 8.81. The highest BCUT2D eigenvalue weighted by molar-refractivity contribution is 6.12. The molecular formula is C23H26FNO5. The number of hydrogen-bond acceptors (Lipinski definition) is 6. The molecule has 1 aromatic carbocycles. The predicted octanol–water partition coefficient (Wildman–Crippen LogP) is 3.39. The van der Waals surface area contributed by atoms with Crippen molar-refractivity contribution in [1.29, 1.82) is 0 Å². The fourth-order valence-corrected chi connectivity index (χ4v) is 4.24. The fraction of sp³-hybridized carbons (Fsp3) is 0.435. The number of nitrogens with one attached hydrogen (secondary N) is 1. The fourth-order valence-electron chi connectivity index (χ4n) is 4.24.